The smallest absolute Gasteiger partial charge is 0.0931 e. The van der Waals surface area contributed by atoms with Gasteiger partial charge in [0, 0.05) is 12.6 Å². The van der Waals surface area contributed by atoms with Crippen LogP contribution in [-0.2, 0) is 4.74 Å². The van der Waals surface area contributed by atoms with Gasteiger partial charge < -0.3 is 14.7 Å². The maximum atomic E-state index is 9.38. The van der Waals surface area contributed by atoms with Gasteiger partial charge in [0.05, 0.1) is 36.9 Å². The molecule has 0 radical (unpaired) electrons. The molecule has 1 N–H and O–H groups in total. The Morgan fingerprint density at radius 2 is 2.38 bits per heavy atom. The average Bonchev–Trinajstić information content (AvgIpc) is 2.30. The Kier molecular flexibility index (Phi) is 3.41. The van der Waals surface area contributed by atoms with E-state index in [-0.39, 0.29) is 0 Å². The van der Waals surface area contributed by atoms with Crippen LogP contribution in [0.1, 0.15) is 25.6 Å². The van der Waals surface area contributed by atoms with Crippen LogP contribution in [0.4, 0.5) is 5.69 Å². The van der Waals surface area contributed by atoms with Crippen LogP contribution in [0, 0.1) is 0 Å². The van der Waals surface area contributed by atoms with Crippen molar-refractivity contribution in [2.24, 2.45) is 0 Å². The summed E-state index contributed by atoms with van der Waals surface area (Å²) in [6, 6.07) is 4.27. The second-order valence-electron chi connectivity index (χ2n) is 4.23. The van der Waals surface area contributed by atoms with Gasteiger partial charge in [0.15, 0.2) is 0 Å². The molecule has 4 nitrogen and oxygen atoms in total. The normalized spacial score (nSPS) is 23.2. The van der Waals surface area contributed by atoms with E-state index in [4.69, 9.17) is 4.74 Å². The number of aliphatic hydroxyl groups excluding tert-OH is 1. The maximum absolute atomic E-state index is 9.38. The van der Waals surface area contributed by atoms with Gasteiger partial charge in [-0.3, -0.25) is 4.98 Å². The molecule has 0 aliphatic carbocycles. The molecule has 16 heavy (non-hydrogen) atoms. The number of anilines is 1. The second kappa shape index (κ2) is 4.80. The van der Waals surface area contributed by atoms with Gasteiger partial charge in [-0.1, -0.05) is 0 Å². The van der Waals surface area contributed by atoms with Crippen molar-refractivity contribution in [2.45, 2.75) is 26.0 Å². The first-order chi connectivity index (χ1) is 7.68. The van der Waals surface area contributed by atoms with Gasteiger partial charge in [0.1, 0.15) is 0 Å². The molecule has 0 aromatic carbocycles. The fraction of sp³-hybridized carbons (Fsp3) is 0.583. The topological polar surface area (TPSA) is 45.6 Å². The third-order valence-electron chi connectivity index (χ3n) is 2.90. The van der Waals surface area contributed by atoms with E-state index in [1.54, 1.807) is 6.92 Å². The van der Waals surface area contributed by atoms with Crippen LogP contribution < -0.4 is 4.90 Å². The Labute approximate surface area is 95.9 Å². The van der Waals surface area contributed by atoms with E-state index in [1.807, 2.05) is 18.3 Å². The van der Waals surface area contributed by atoms with E-state index in [1.165, 1.54) is 0 Å². The highest BCUT2D eigenvalue weighted by Crippen LogP contribution is 2.20. The molecule has 2 heterocycles. The van der Waals surface area contributed by atoms with Crippen LogP contribution >= 0.6 is 0 Å². The number of morpholine rings is 1. The van der Waals surface area contributed by atoms with E-state index in [2.05, 4.69) is 16.8 Å². The fourth-order valence-electron chi connectivity index (χ4n) is 1.93. The molecule has 1 aliphatic heterocycles. The van der Waals surface area contributed by atoms with Crippen LogP contribution in [0.3, 0.4) is 0 Å². The lowest BCUT2D eigenvalue weighted by Crippen LogP contribution is -2.43. The highest BCUT2D eigenvalue weighted by molar-refractivity contribution is 5.46. The van der Waals surface area contributed by atoms with E-state index in [0.717, 1.165) is 25.4 Å². The molecule has 0 saturated carbocycles. The number of rotatable bonds is 2. The molecule has 0 bridgehead atoms. The molecule has 1 saturated heterocycles. The average molecular weight is 222 g/mol. The van der Waals surface area contributed by atoms with Crippen LogP contribution in [0.15, 0.2) is 18.3 Å². The molecule has 1 aliphatic rings. The third-order valence-corrected chi connectivity index (χ3v) is 2.90. The van der Waals surface area contributed by atoms with Crippen LogP contribution in [0.2, 0.25) is 0 Å². The lowest BCUT2D eigenvalue weighted by molar-refractivity contribution is 0.0989. The van der Waals surface area contributed by atoms with Crippen LogP contribution in [-0.4, -0.2) is 35.9 Å². The van der Waals surface area contributed by atoms with Crippen LogP contribution in [0.25, 0.3) is 0 Å². The minimum absolute atomic E-state index is 0.382. The SMILES string of the molecule is CC1COCCN1c1ccc([C@H](C)O)nc1. The summed E-state index contributed by atoms with van der Waals surface area (Å²) in [5.41, 5.74) is 1.81. The number of nitrogens with zero attached hydrogens (tertiary/aromatic N) is 2. The Hall–Kier alpha value is -1.13. The van der Waals surface area contributed by atoms with Crippen LogP contribution in [0.5, 0.6) is 0 Å². The molecular weight excluding hydrogens is 204 g/mol. The second-order valence-corrected chi connectivity index (χ2v) is 4.23. The minimum Gasteiger partial charge on any atom is -0.387 e. The van der Waals surface area contributed by atoms with Gasteiger partial charge in [0.2, 0.25) is 0 Å². The van der Waals surface area contributed by atoms with Gasteiger partial charge in [-0.25, -0.2) is 0 Å². The molecule has 1 fully saturated rings. The molecule has 0 amide bonds. The van der Waals surface area contributed by atoms with Crippen molar-refractivity contribution >= 4 is 5.69 Å². The molecule has 1 aromatic rings. The minimum atomic E-state index is -0.504. The van der Waals surface area contributed by atoms with Crippen molar-refractivity contribution < 1.29 is 9.84 Å². The summed E-state index contributed by atoms with van der Waals surface area (Å²) >= 11 is 0. The van der Waals surface area contributed by atoms with Crippen molar-refractivity contribution in [3.05, 3.63) is 24.0 Å². The molecule has 4 heteroatoms. The summed E-state index contributed by atoms with van der Waals surface area (Å²) in [6.07, 6.45) is 1.32. The predicted octanol–water partition coefficient (Wildman–Crippen LogP) is 1.36. The zero-order valence-corrected chi connectivity index (χ0v) is 9.76. The predicted molar refractivity (Wildman–Crippen MR) is 62.5 cm³/mol. The van der Waals surface area contributed by atoms with Crippen molar-refractivity contribution in [2.75, 3.05) is 24.7 Å². The number of ether oxygens (including phenoxy) is 1. The molecule has 1 unspecified atom stereocenters. The lowest BCUT2D eigenvalue weighted by atomic mass is 10.2. The van der Waals surface area contributed by atoms with Gasteiger partial charge in [-0.05, 0) is 26.0 Å². The van der Waals surface area contributed by atoms with E-state index in [9.17, 15) is 5.11 Å². The molecule has 2 atom stereocenters. The molecule has 2 rings (SSSR count). The fourth-order valence-corrected chi connectivity index (χ4v) is 1.93. The summed E-state index contributed by atoms with van der Waals surface area (Å²) in [5.74, 6) is 0. The summed E-state index contributed by atoms with van der Waals surface area (Å²) in [6.45, 7) is 6.29. The summed E-state index contributed by atoms with van der Waals surface area (Å²) in [5, 5.41) is 9.38. The Morgan fingerprint density at radius 1 is 1.56 bits per heavy atom. The Balaban J connectivity index is 2.14. The van der Waals surface area contributed by atoms with Gasteiger partial charge in [-0.15, -0.1) is 0 Å². The van der Waals surface area contributed by atoms with E-state index >= 15 is 0 Å². The number of hydrogen-bond donors (Lipinski definition) is 1. The maximum Gasteiger partial charge on any atom is 0.0931 e. The summed E-state index contributed by atoms with van der Waals surface area (Å²) < 4.78 is 5.39. The standard InChI is InChI=1S/C12H18N2O2/c1-9-8-16-6-5-14(9)11-3-4-12(10(2)15)13-7-11/h3-4,7,9-10,15H,5-6,8H2,1-2H3/t9?,10-/m0/s1. The summed E-state index contributed by atoms with van der Waals surface area (Å²) in [4.78, 5) is 6.54. The first-order valence-electron chi connectivity index (χ1n) is 5.67. The van der Waals surface area contributed by atoms with Gasteiger partial charge >= 0.3 is 0 Å². The highest BCUT2D eigenvalue weighted by atomic mass is 16.5. The molecule has 1 aromatic heterocycles. The molecule has 88 valence electrons. The largest absolute Gasteiger partial charge is 0.387 e. The lowest BCUT2D eigenvalue weighted by Gasteiger charge is -2.35. The first-order valence-corrected chi connectivity index (χ1v) is 5.67. The van der Waals surface area contributed by atoms with Gasteiger partial charge in [0.25, 0.3) is 0 Å². The number of pyridine rings is 1. The quantitative estimate of drug-likeness (QED) is 0.820. The molecular formula is C12H18N2O2. The van der Waals surface area contributed by atoms with Crippen molar-refractivity contribution in [1.29, 1.82) is 0 Å². The third kappa shape index (κ3) is 2.33. The number of aliphatic hydroxyl groups is 1. The summed E-state index contributed by atoms with van der Waals surface area (Å²) in [7, 11) is 0. The monoisotopic (exact) mass is 222 g/mol. The molecule has 0 spiro atoms. The van der Waals surface area contributed by atoms with Crippen molar-refractivity contribution in [3.8, 4) is 0 Å². The Morgan fingerprint density at radius 3 is 2.94 bits per heavy atom. The Bertz CT molecular complexity index is 337. The first kappa shape index (κ1) is 11.4. The van der Waals surface area contributed by atoms with Crippen molar-refractivity contribution in [3.63, 3.8) is 0 Å². The number of aromatic nitrogens is 1. The van der Waals surface area contributed by atoms with E-state index in [0.29, 0.717) is 11.7 Å². The van der Waals surface area contributed by atoms with Gasteiger partial charge in [-0.2, -0.15) is 0 Å². The zero-order valence-electron chi connectivity index (χ0n) is 9.76. The van der Waals surface area contributed by atoms with Crippen molar-refractivity contribution in [1.82, 2.24) is 4.98 Å². The zero-order chi connectivity index (χ0) is 11.5. The number of hydrogen-bond acceptors (Lipinski definition) is 4. The van der Waals surface area contributed by atoms with E-state index < -0.39 is 6.10 Å². The highest BCUT2D eigenvalue weighted by Gasteiger charge is 2.19.